The van der Waals surface area contributed by atoms with Gasteiger partial charge < -0.3 is 54.2 Å². The van der Waals surface area contributed by atoms with Gasteiger partial charge in [0, 0.05) is 13.0 Å². The van der Waals surface area contributed by atoms with Gasteiger partial charge in [-0.2, -0.15) is 0 Å². The Kier molecular flexibility index (Phi) is 18.3. The number of ether oxygens (including phenoxy) is 6. The van der Waals surface area contributed by atoms with Gasteiger partial charge in [-0.1, -0.05) is 62.7 Å². The van der Waals surface area contributed by atoms with Crippen molar-refractivity contribution in [3.05, 3.63) is 81.2 Å². The second kappa shape index (κ2) is 23.7. The predicted molar refractivity (Wildman–Crippen MR) is 257 cm³/mol. The fourth-order valence-corrected chi connectivity index (χ4v) is 10.1. The Balaban J connectivity index is 0.806. The SMILES string of the molecule is Cc1cc(C)c(C2=C(O)C3(CCC(OCCOCCOCCOCCOCC(=O)N[C@H](C(=O)N4C[C@H](O)C[C@H]4C(=O)N[C@@H](C)c4ccc(-c5scnc5C)cc4)C(C)(C)C)CC3)OC2=O)c(C)c1. The molecule has 0 bridgehead atoms. The number of hydrogen-bond donors (Lipinski definition) is 4. The first-order valence-corrected chi connectivity index (χ1v) is 24.5. The van der Waals surface area contributed by atoms with E-state index >= 15 is 0 Å². The van der Waals surface area contributed by atoms with Crippen molar-refractivity contribution in [2.75, 3.05) is 66.0 Å². The molecule has 3 amide bonds. The molecule has 372 valence electrons. The van der Waals surface area contributed by atoms with Gasteiger partial charge in [0.05, 0.1) is 87.2 Å². The molecule has 2 aliphatic heterocycles. The molecule has 4 atom stereocenters. The number of thiazole rings is 1. The number of amides is 3. The molecule has 1 saturated carbocycles. The fourth-order valence-electron chi connectivity index (χ4n) is 9.28. The maximum absolute atomic E-state index is 14.0. The van der Waals surface area contributed by atoms with E-state index in [2.05, 4.69) is 15.6 Å². The first kappa shape index (κ1) is 52.6. The van der Waals surface area contributed by atoms with E-state index in [4.69, 9.17) is 28.4 Å². The van der Waals surface area contributed by atoms with Crippen molar-refractivity contribution in [1.82, 2.24) is 20.5 Å². The van der Waals surface area contributed by atoms with Crippen LogP contribution < -0.4 is 10.6 Å². The molecule has 68 heavy (non-hydrogen) atoms. The monoisotopic (exact) mass is 962 g/mol. The molecule has 6 rings (SSSR count). The smallest absolute Gasteiger partial charge is 0.343 e. The Morgan fingerprint density at radius 1 is 0.897 bits per heavy atom. The van der Waals surface area contributed by atoms with Gasteiger partial charge in [-0.15, -0.1) is 11.3 Å². The molecule has 16 nitrogen and oxygen atoms in total. The van der Waals surface area contributed by atoms with Gasteiger partial charge >= 0.3 is 5.97 Å². The average Bonchev–Trinajstić information content (AvgIpc) is 3.97. The number of nitrogens with zero attached hydrogens (tertiary/aromatic N) is 2. The first-order valence-electron chi connectivity index (χ1n) is 23.6. The van der Waals surface area contributed by atoms with Crippen LogP contribution in [0.4, 0.5) is 0 Å². The number of β-amino-alcohol motifs (C(OH)–C–C–N with tert-alkyl or cyclic N) is 1. The van der Waals surface area contributed by atoms with Gasteiger partial charge in [0.1, 0.15) is 24.3 Å². The number of nitrogens with one attached hydrogen (secondary N) is 2. The van der Waals surface area contributed by atoms with E-state index in [1.807, 2.05) is 97.3 Å². The number of aliphatic hydroxyl groups excluding tert-OH is 2. The molecule has 0 radical (unpaired) electrons. The molecule has 17 heteroatoms. The molecular weight excluding hydrogens is 893 g/mol. The second-order valence-electron chi connectivity index (χ2n) is 19.2. The number of rotatable bonds is 22. The molecule has 1 spiro atoms. The molecule has 4 N–H and O–H groups in total. The number of likely N-dealkylation sites (tertiary alicyclic amines) is 1. The summed E-state index contributed by atoms with van der Waals surface area (Å²) in [6, 6.07) is 9.70. The quantitative estimate of drug-likeness (QED) is 0.0675. The van der Waals surface area contributed by atoms with Crippen LogP contribution in [-0.4, -0.2) is 140 Å². The van der Waals surface area contributed by atoms with Crippen LogP contribution in [0.1, 0.15) is 99.4 Å². The zero-order valence-corrected chi connectivity index (χ0v) is 41.6. The first-order chi connectivity index (χ1) is 32.4. The molecule has 0 unspecified atom stereocenters. The fraction of sp³-hybridized carbons (Fsp3) is 0.588. The molecule has 3 aromatic rings. The van der Waals surface area contributed by atoms with Crippen molar-refractivity contribution >= 4 is 40.6 Å². The lowest BCUT2D eigenvalue weighted by Crippen LogP contribution is -2.58. The third-order valence-electron chi connectivity index (χ3n) is 12.8. The van der Waals surface area contributed by atoms with Gasteiger partial charge in [-0.3, -0.25) is 14.4 Å². The van der Waals surface area contributed by atoms with Crippen LogP contribution in [0.5, 0.6) is 0 Å². The van der Waals surface area contributed by atoms with Crippen LogP contribution in [-0.2, 0) is 47.6 Å². The Morgan fingerprint density at radius 2 is 1.49 bits per heavy atom. The van der Waals surface area contributed by atoms with E-state index in [9.17, 15) is 29.4 Å². The molecule has 3 aliphatic rings. The Bertz CT molecular complexity index is 2220. The number of esters is 1. The summed E-state index contributed by atoms with van der Waals surface area (Å²) < 4.78 is 34.2. The Hall–Kier alpha value is -4.75. The van der Waals surface area contributed by atoms with Crippen molar-refractivity contribution in [2.45, 2.75) is 123 Å². The number of benzene rings is 2. The number of aryl methyl sites for hydroxylation is 4. The molecule has 1 aromatic heterocycles. The van der Waals surface area contributed by atoms with E-state index in [1.54, 1.807) is 11.3 Å². The number of aromatic nitrogens is 1. The third-order valence-corrected chi connectivity index (χ3v) is 13.8. The molecule has 1 saturated heterocycles. The van der Waals surface area contributed by atoms with E-state index in [1.165, 1.54) is 4.90 Å². The van der Waals surface area contributed by atoms with E-state index in [0.717, 1.165) is 44.0 Å². The highest BCUT2D eigenvalue weighted by molar-refractivity contribution is 7.13. The summed E-state index contributed by atoms with van der Waals surface area (Å²) in [6.45, 7) is 17.5. The van der Waals surface area contributed by atoms with Crippen LogP contribution in [0.25, 0.3) is 16.0 Å². The number of carbonyl (C=O) groups is 4. The highest BCUT2D eigenvalue weighted by atomic mass is 32.1. The second-order valence-corrected chi connectivity index (χ2v) is 20.1. The normalized spacial score (nSPS) is 21.6. The maximum atomic E-state index is 14.0. The highest BCUT2D eigenvalue weighted by Crippen LogP contribution is 2.47. The minimum atomic E-state index is -0.997. The summed E-state index contributed by atoms with van der Waals surface area (Å²) in [5, 5.41) is 27.7. The van der Waals surface area contributed by atoms with E-state index < -0.39 is 47.0 Å². The van der Waals surface area contributed by atoms with Crippen molar-refractivity contribution in [3.63, 3.8) is 0 Å². The van der Waals surface area contributed by atoms with Crippen molar-refractivity contribution in [3.8, 4) is 10.4 Å². The minimum absolute atomic E-state index is 0.0192. The third kappa shape index (κ3) is 13.3. The summed E-state index contributed by atoms with van der Waals surface area (Å²) in [5.74, 6) is -1.75. The number of aliphatic hydroxyl groups is 2. The Morgan fingerprint density at radius 3 is 2.06 bits per heavy atom. The van der Waals surface area contributed by atoms with Gasteiger partial charge in [0.15, 0.2) is 11.4 Å². The average molecular weight is 963 g/mol. The summed E-state index contributed by atoms with van der Waals surface area (Å²) in [4.78, 5) is 60.4. The molecule has 3 heterocycles. The molecule has 2 fully saturated rings. The van der Waals surface area contributed by atoms with Gasteiger partial charge in [-0.25, -0.2) is 9.78 Å². The summed E-state index contributed by atoms with van der Waals surface area (Å²) in [6.07, 6.45) is 1.47. The highest BCUT2D eigenvalue weighted by Gasteiger charge is 2.51. The standard InChI is InChI=1S/C51H70N4O12S/c1-31-25-32(2)42(33(3)26-31)43-46(58)51(67-49(43)61)15-13-39(14-16-51)66-24-23-64-20-19-62-17-18-63-21-22-65-29-41(57)54-45(50(6,7)8)48(60)55-28-38(56)27-40(55)47(59)53-34(4)36-9-11-37(12-10-36)44-35(5)52-30-68-44/h9-12,25-26,30,34,38-40,45,56,58H,13-24,27-29H2,1-8H3,(H,53,59)(H,54,57)/t34-,38+,39?,40-,45+,51?/m0/s1. The minimum Gasteiger partial charge on any atom is -0.507 e. The lowest BCUT2D eigenvalue weighted by molar-refractivity contribution is -0.152. The van der Waals surface area contributed by atoms with Crippen LogP contribution in [0.2, 0.25) is 0 Å². The number of hydrogen-bond acceptors (Lipinski definition) is 14. The largest absolute Gasteiger partial charge is 0.507 e. The summed E-state index contributed by atoms with van der Waals surface area (Å²) in [7, 11) is 0. The Labute approximate surface area is 404 Å². The maximum Gasteiger partial charge on any atom is 0.343 e. The van der Waals surface area contributed by atoms with Crippen LogP contribution in [0.3, 0.4) is 0 Å². The number of carbonyl (C=O) groups excluding carboxylic acids is 4. The zero-order valence-electron chi connectivity index (χ0n) is 40.8. The van der Waals surface area contributed by atoms with Crippen molar-refractivity contribution < 1.29 is 57.8 Å². The van der Waals surface area contributed by atoms with Crippen molar-refractivity contribution in [2.24, 2.45) is 5.41 Å². The zero-order chi connectivity index (χ0) is 49.2. The van der Waals surface area contributed by atoms with Crippen molar-refractivity contribution in [1.29, 1.82) is 0 Å². The van der Waals surface area contributed by atoms with Gasteiger partial charge in [0.25, 0.3) is 0 Å². The molecule has 2 aromatic carbocycles. The van der Waals surface area contributed by atoms with Crippen LogP contribution in [0, 0.1) is 33.1 Å². The van der Waals surface area contributed by atoms with Gasteiger partial charge in [-0.05, 0) is 93.5 Å². The lowest BCUT2D eigenvalue weighted by Gasteiger charge is -2.35. The predicted octanol–water partition coefficient (Wildman–Crippen LogP) is 6.00. The van der Waals surface area contributed by atoms with E-state index in [-0.39, 0.29) is 62.2 Å². The molecular formula is C51H70N4O12S. The summed E-state index contributed by atoms with van der Waals surface area (Å²) in [5.41, 5.74) is 7.01. The van der Waals surface area contributed by atoms with Crippen LogP contribution >= 0.6 is 11.3 Å². The topological polar surface area (TPSA) is 204 Å². The van der Waals surface area contributed by atoms with Gasteiger partial charge in [0.2, 0.25) is 17.7 Å². The summed E-state index contributed by atoms with van der Waals surface area (Å²) >= 11 is 1.57. The molecule has 1 aliphatic carbocycles. The van der Waals surface area contributed by atoms with Crippen LogP contribution in [0.15, 0.2) is 47.7 Å². The van der Waals surface area contributed by atoms with E-state index in [0.29, 0.717) is 65.3 Å². The lowest BCUT2D eigenvalue weighted by atomic mass is 9.80.